The predicted octanol–water partition coefficient (Wildman–Crippen LogP) is 2.69. The molecule has 0 bridgehead atoms. The summed E-state index contributed by atoms with van der Waals surface area (Å²) in [5.41, 5.74) is 3.25. The van der Waals surface area contributed by atoms with E-state index < -0.39 is 0 Å². The molecule has 1 atom stereocenters. The highest BCUT2D eigenvalue weighted by atomic mass is 16.5. The quantitative estimate of drug-likeness (QED) is 0.568. The number of methoxy groups -OCH3 is 3. The summed E-state index contributed by atoms with van der Waals surface area (Å²) in [6.45, 7) is 3.28. The Kier molecular flexibility index (Phi) is 5.99. The van der Waals surface area contributed by atoms with Gasteiger partial charge in [-0.05, 0) is 25.0 Å². The van der Waals surface area contributed by atoms with Gasteiger partial charge in [0.15, 0.2) is 22.5 Å². The number of aromatic nitrogens is 2. The van der Waals surface area contributed by atoms with Crippen LogP contribution in [0.5, 0.6) is 17.2 Å². The normalized spacial score (nSPS) is 15.8. The second-order valence-corrected chi connectivity index (χ2v) is 7.51. The van der Waals surface area contributed by atoms with Crippen LogP contribution >= 0.6 is 0 Å². The minimum Gasteiger partial charge on any atom is -0.493 e. The molecule has 31 heavy (non-hydrogen) atoms. The van der Waals surface area contributed by atoms with Gasteiger partial charge in [-0.3, -0.25) is 4.79 Å². The third kappa shape index (κ3) is 4.03. The number of carbonyl (C=O) groups is 1. The summed E-state index contributed by atoms with van der Waals surface area (Å²) in [6, 6.07) is 9.41. The van der Waals surface area contributed by atoms with E-state index in [9.17, 15) is 4.79 Å². The van der Waals surface area contributed by atoms with Crippen LogP contribution in [0.25, 0.3) is 16.7 Å². The van der Waals surface area contributed by atoms with E-state index in [1.165, 1.54) is 0 Å². The van der Waals surface area contributed by atoms with Crippen molar-refractivity contribution in [2.75, 3.05) is 34.5 Å². The van der Waals surface area contributed by atoms with Crippen LogP contribution in [0.2, 0.25) is 0 Å². The Bertz CT molecular complexity index is 1080. The number of carbonyl (C=O) groups excluding carboxylic acids is 1. The fourth-order valence-electron chi connectivity index (χ4n) is 4.05. The molecule has 0 radical (unpaired) electrons. The Labute approximate surface area is 181 Å². The van der Waals surface area contributed by atoms with Gasteiger partial charge < -0.3 is 24.3 Å². The average Bonchev–Trinajstić information content (AvgIpc) is 3.42. The highest BCUT2D eigenvalue weighted by molar-refractivity contribution is 5.97. The van der Waals surface area contributed by atoms with E-state index >= 15 is 0 Å². The molecule has 4 rings (SSSR count). The number of benzene rings is 2. The number of H-pyrrole nitrogens is 1. The fourth-order valence-corrected chi connectivity index (χ4v) is 4.05. The molecule has 8 heteroatoms. The number of nitrogens with zero attached hydrogens (tertiary/aromatic N) is 1. The molecular weight excluding hydrogens is 398 g/mol. The average molecular weight is 426 g/mol. The van der Waals surface area contributed by atoms with Gasteiger partial charge >= 0.3 is 0 Å². The van der Waals surface area contributed by atoms with Gasteiger partial charge in [-0.1, -0.05) is 0 Å². The van der Waals surface area contributed by atoms with Crippen molar-refractivity contribution in [3.8, 4) is 22.9 Å². The first-order chi connectivity index (χ1) is 15.0. The van der Waals surface area contributed by atoms with Crippen LogP contribution in [0.1, 0.15) is 29.0 Å². The summed E-state index contributed by atoms with van der Waals surface area (Å²) in [4.78, 5) is 16.0. The summed E-state index contributed by atoms with van der Waals surface area (Å²) < 4.78 is 24.1. The molecule has 2 heterocycles. The van der Waals surface area contributed by atoms with Gasteiger partial charge in [-0.2, -0.15) is 4.57 Å². The number of hydrogen-bond donors (Lipinski definition) is 2. The zero-order valence-corrected chi connectivity index (χ0v) is 18.3. The smallest absolute Gasteiger partial charge is 0.257 e. The third-order valence-electron chi connectivity index (χ3n) is 5.57. The molecule has 1 unspecified atom stereocenters. The number of amides is 1. The summed E-state index contributed by atoms with van der Waals surface area (Å²) in [5.74, 6) is 2.48. The monoisotopic (exact) mass is 426 g/mol. The fraction of sp³-hybridized carbons (Fsp3) is 0.391. The molecule has 2 aromatic carbocycles. The summed E-state index contributed by atoms with van der Waals surface area (Å²) in [7, 11) is 4.76. The molecule has 1 aliphatic heterocycles. The Hall–Kier alpha value is -3.26. The summed E-state index contributed by atoms with van der Waals surface area (Å²) in [5, 5.41) is 2.97. The van der Waals surface area contributed by atoms with Crippen molar-refractivity contribution in [1.82, 2.24) is 10.3 Å². The standard InChI is InChI=1S/C23H27N3O5/c1-14-25-18-10-15(23(27)24-13-17-6-5-9-31-17)7-8-19(18)26(14)16-11-20(28-2)22(30-4)21(12-16)29-3/h7-8,10-12,17H,5-6,9,13H2,1-4H3,(H,24,27)/p+1. The minimum atomic E-state index is -0.107. The van der Waals surface area contributed by atoms with Crippen molar-refractivity contribution < 1.29 is 28.3 Å². The largest absolute Gasteiger partial charge is 0.493 e. The van der Waals surface area contributed by atoms with Crippen LogP contribution in [0.3, 0.4) is 0 Å². The molecule has 8 nitrogen and oxygen atoms in total. The van der Waals surface area contributed by atoms with Gasteiger partial charge in [0.25, 0.3) is 11.7 Å². The van der Waals surface area contributed by atoms with E-state index in [4.69, 9.17) is 18.9 Å². The van der Waals surface area contributed by atoms with Gasteiger partial charge in [0.05, 0.1) is 27.4 Å². The van der Waals surface area contributed by atoms with Crippen molar-refractivity contribution in [1.29, 1.82) is 0 Å². The highest BCUT2D eigenvalue weighted by Crippen LogP contribution is 2.38. The van der Waals surface area contributed by atoms with E-state index in [0.717, 1.165) is 42.0 Å². The molecule has 1 saturated heterocycles. The lowest BCUT2D eigenvalue weighted by molar-refractivity contribution is -0.574. The first-order valence-electron chi connectivity index (χ1n) is 10.3. The number of aromatic amines is 1. The highest BCUT2D eigenvalue weighted by Gasteiger charge is 2.23. The van der Waals surface area contributed by atoms with Crippen LogP contribution in [0.4, 0.5) is 0 Å². The van der Waals surface area contributed by atoms with Crippen molar-refractivity contribution >= 4 is 16.9 Å². The number of imidazole rings is 1. The molecule has 164 valence electrons. The first kappa shape index (κ1) is 21.0. The number of rotatable bonds is 7. The Morgan fingerprint density at radius 3 is 2.52 bits per heavy atom. The molecule has 1 aliphatic rings. The maximum absolute atomic E-state index is 12.6. The SMILES string of the molecule is COc1cc(-[n+]2c(C)[nH]c3cc(C(=O)NCC4CCCO4)ccc32)cc(OC)c1OC. The van der Waals surface area contributed by atoms with Gasteiger partial charge in [0, 0.05) is 43.8 Å². The van der Waals surface area contributed by atoms with Crippen molar-refractivity contribution in [3.63, 3.8) is 0 Å². The molecule has 2 N–H and O–H groups in total. The van der Waals surface area contributed by atoms with E-state index in [1.807, 2.05) is 41.8 Å². The second-order valence-electron chi connectivity index (χ2n) is 7.51. The van der Waals surface area contributed by atoms with Crippen LogP contribution in [-0.4, -0.2) is 51.5 Å². The predicted molar refractivity (Wildman–Crippen MR) is 116 cm³/mol. The third-order valence-corrected chi connectivity index (χ3v) is 5.57. The van der Waals surface area contributed by atoms with Gasteiger partial charge in [-0.25, -0.2) is 4.98 Å². The van der Waals surface area contributed by atoms with Gasteiger partial charge in [0.2, 0.25) is 5.75 Å². The Morgan fingerprint density at radius 1 is 1.16 bits per heavy atom. The number of fused-ring (bicyclic) bond motifs is 1. The molecule has 1 amide bonds. The lowest BCUT2D eigenvalue weighted by Crippen LogP contribution is -2.33. The van der Waals surface area contributed by atoms with Crippen LogP contribution < -0.4 is 24.1 Å². The van der Waals surface area contributed by atoms with E-state index in [2.05, 4.69) is 10.3 Å². The van der Waals surface area contributed by atoms with Crippen LogP contribution in [-0.2, 0) is 4.74 Å². The summed E-state index contributed by atoms with van der Waals surface area (Å²) in [6.07, 6.45) is 2.15. The Balaban J connectivity index is 1.67. The van der Waals surface area contributed by atoms with E-state index in [0.29, 0.717) is 29.4 Å². The molecule has 0 aliphatic carbocycles. The lowest BCUT2D eigenvalue weighted by Gasteiger charge is -2.13. The van der Waals surface area contributed by atoms with Crippen LogP contribution in [0, 0.1) is 6.92 Å². The topological polar surface area (TPSA) is 85.7 Å². The number of ether oxygens (including phenoxy) is 4. The van der Waals surface area contributed by atoms with Gasteiger partial charge in [-0.15, -0.1) is 0 Å². The maximum atomic E-state index is 12.6. The van der Waals surface area contributed by atoms with Crippen LogP contribution in [0.15, 0.2) is 30.3 Å². The maximum Gasteiger partial charge on any atom is 0.257 e. The molecule has 0 saturated carbocycles. The van der Waals surface area contributed by atoms with E-state index in [1.54, 1.807) is 21.3 Å². The number of nitrogens with one attached hydrogen (secondary N) is 2. The second kappa shape index (κ2) is 8.85. The molecule has 3 aromatic rings. The van der Waals surface area contributed by atoms with Crippen molar-refractivity contribution in [3.05, 3.63) is 41.7 Å². The first-order valence-corrected chi connectivity index (χ1v) is 10.3. The van der Waals surface area contributed by atoms with Crippen molar-refractivity contribution in [2.24, 2.45) is 0 Å². The molecular formula is C23H28N3O5+. The molecule has 1 aromatic heterocycles. The molecule has 0 spiro atoms. The minimum absolute atomic E-state index is 0.107. The lowest BCUT2D eigenvalue weighted by atomic mass is 10.1. The molecule has 1 fully saturated rings. The Morgan fingerprint density at radius 2 is 1.90 bits per heavy atom. The zero-order chi connectivity index (χ0) is 22.0. The zero-order valence-electron chi connectivity index (χ0n) is 18.3. The van der Waals surface area contributed by atoms with Gasteiger partial charge in [0.1, 0.15) is 5.69 Å². The van der Waals surface area contributed by atoms with E-state index in [-0.39, 0.29) is 12.0 Å². The number of hydrogen-bond acceptors (Lipinski definition) is 5. The summed E-state index contributed by atoms with van der Waals surface area (Å²) >= 11 is 0. The van der Waals surface area contributed by atoms with Crippen molar-refractivity contribution in [2.45, 2.75) is 25.9 Å². The number of aryl methyl sites for hydroxylation is 1.